The standard InChI is InChI=1S/C45H72NO11P/c1-3-5-7-8-9-10-11-12-13-14-15-16-17-18-19-24-28-34-44(50)54-38-41(39-56-58(52,53)55-37-36-46)57-45(51)35-29-33-43(49)42(48)32-27-23-21-20-22-26-31-40(47)30-25-6-4-2/h6,9-10,12-13,15-16,18-23,25-27,31-32,40-43,47-49H,3-5,7-8,11,14,17,24,28-30,33-39,46H2,1-2H3,(H,52,53)/b10-9-,13-12-,16-15-,19-18-,22-20+,23-21-,25-6-,31-26+,32-27-/t40-,41+,42+,43+/m0/s1. The first-order valence-electron chi connectivity index (χ1n) is 20.7. The highest BCUT2D eigenvalue weighted by atomic mass is 31.2. The molecule has 0 heterocycles. The molecule has 6 N–H and O–H groups in total. The van der Waals surface area contributed by atoms with E-state index in [9.17, 15) is 34.4 Å². The molecule has 0 aliphatic rings. The zero-order valence-corrected chi connectivity index (χ0v) is 35.7. The summed E-state index contributed by atoms with van der Waals surface area (Å²) in [4.78, 5) is 34.9. The maximum Gasteiger partial charge on any atom is 0.472 e. The van der Waals surface area contributed by atoms with E-state index in [0.29, 0.717) is 19.3 Å². The fraction of sp³-hybridized carbons (Fsp3) is 0.556. The van der Waals surface area contributed by atoms with Crippen molar-refractivity contribution in [1.29, 1.82) is 0 Å². The second kappa shape index (κ2) is 39.0. The van der Waals surface area contributed by atoms with Crippen LogP contribution in [0.15, 0.2) is 109 Å². The molecule has 0 rings (SSSR count). The van der Waals surface area contributed by atoms with Crippen LogP contribution in [-0.4, -0.2) is 82.9 Å². The highest BCUT2D eigenvalue weighted by Crippen LogP contribution is 2.43. The summed E-state index contributed by atoms with van der Waals surface area (Å²) in [5.41, 5.74) is 5.31. The van der Waals surface area contributed by atoms with E-state index in [1.165, 1.54) is 25.3 Å². The summed E-state index contributed by atoms with van der Waals surface area (Å²) >= 11 is 0. The number of carbonyl (C=O) groups is 2. The molecule has 0 bridgehead atoms. The zero-order valence-electron chi connectivity index (χ0n) is 34.8. The maximum atomic E-state index is 12.6. The van der Waals surface area contributed by atoms with Crippen LogP contribution in [-0.2, 0) is 32.7 Å². The van der Waals surface area contributed by atoms with Gasteiger partial charge in [0.2, 0.25) is 0 Å². The van der Waals surface area contributed by atoms with Crippen molar-refractivity contribution in [2.24, 2.45) is 5.73 Å². The van der Waals surface area contributed by atoms with Crippen molar-refractivity contribution in [2.45, 2.75) is 135 Å². The Bertz CT molecular complexity index is 1370. The van der Waals surface area contributed by atoms with Crippen molar-refractivity contribution >= 4 is 19.8 Å². The number of unbranched alkanes of at least 4 members (excludes halogenated alkanes) is 4. The smallest absolute Gasteiger partial charge is 0.462 e. The minimum absolute atomic E-state index is 0.0164. The first kappa shape index (κ1) is 54.6. The van der Waals surface area contributed by atoms with Gasteiger partial charge in [-0.15, -0.1) is 0 Å². The van der Waals surface area contributed by atoms with Gasteiger partial charge in [0.1, 0.15) is 6.61 Å². The molecule has 0 spiro atoms. The average molecular weight is 834 g/mol. The lowest BCUT2D eigenvalue weighted by Crippen LogP contribution is -2.30. The first-order valence-corrected chi connectivity index (χ1v) is 22.2. The maximum absolute atomic E-state index is 12.6. The fourth-order valence-electron chi connectivity index (χ4n) is 4.79. The number of allylic oxidation sites excluding steroid dienone is 15. The Labute approximate surface area is 347 Å². The summed E-state index contributed by atoms with van der Waals surface area (Å²) in [6, 6.07) is 0. The number of hydrogen-bond acceptors (Lipinski definition) is 11. The van der Waals surface area contributed by atoms with Gasteiger partial charge in [-0.25, -0.2) is 4.57 Å². The number of aliphatic hydroxyl groups excluding tert-OH is 3. The summed E-state index contributed by atoms with van der Waals surface area (Å²) < 4.78 is 32.4. The number of phosphoric ester groups is 1. The lowest BCUT2D eigenvalue weighted by atomic mass is 10.1. The lowest BCUT2D eigenvalue weighted by Gasteiger charge is -2.20. The molecule has 0 saturated heterocycles. The van der Waals surface area contributed by atoms with Gasteiger partial charge in [0.05, 0.1) is 31.5 Å². The summed E-state index contributed by atoms with van der Waals surface area (Å²) in [6.07, 6.45) is 40.7. The molecule has 0 aromatic rings. The molecule has 0 radical (unpaired) electrons. The summed E-state index contributed by atoms with van der Waals surface area (Å²) in [5, 5.41) is 30.4. The van der Waals surface area contributed by atoms with Gasteiger partial charge in [-0.2, -0.15) is 0 Å². The molecule has 13 heteroatoms. The molecule has 0 saturated carbocycles. The van der Waals surface area contributed by atoms with Crippen LogP contribution >= 0.6 is 7.82 Å². The predicted octanol–water partition coefficient (Wildman–Crippen LogP) is 8.51. The molecule has 0 aromatic heterocycles. The largest absolute Gasteiger partial charge is 0.472 e. The third-order valence-corrected chi connectivity index (χ3v) is 8.97. The quantitative estimate of drug-likeness (QED) is 0.0133. The molecule has 328 valence electrons. The van der Waals surface area contributed by atoms with Gasteiger partial charge in [-0.05, 0) is 70.6 Å². The van der Waals surface area contributed by atoms with Crippen LogP contribution in [0.4, 0.5) is 0 Å². The Morgan fingerprint density at radius 2 is 1.26 bits per heavy atom. The number of aliphatic hydroxyl groups is 3. The second-order valence-corrected chi connectivity index (χ2v) is 14.8. The average Bonchev–Trinajstić information content (AvgIpc) is 3.20. The van der Waals surface area contributed by atoms with Crippen LogP contribution in [0.1, 0.15) is 110 Å². The Hall–Kier alpha value is -3.45. The van der Waals surface area contributed by atoms with Gasteiger partial charge in [0, 0.05) is 19.4 Å². The van der Waals surface area contributed by atoms with Crippen molar-refractivity contribution in [2.75, 3.05) is 26.4 Å². The molecule has 0 aliphatic heterocycles. The van der Waals surface area contributed by atoms with E-state index in [4.69, 9.17) is 24.3 Å². The molecule has 0 aliphatic carbocycles. The Balaban J connectivity index is 4.65. The van der Waals surface area contributed by atoms with E-state index in [1.807, 2.05) is 31.2 Å². The summed E-state index contributed by atoms with van der Waals surface area (Å²) in [7, 11) is -4.49. The van der Waals surface area contributed by atoms with Crippen LogP contribution in [0.3, 0.4) is 0 Å². The molecule has 58 heavy (non-hydrogen) atoms. The zero-order chi connectivity index (χ0) is 43.0. The Morgan fingerprint density at radius 3 is 1.88 bits per heavy atom. The number of hydrogen-bond donors (Lipinski definition) is 5. The number of carbonyl (C=O) groups excluding carboxylic acids is 2. The van der Waals surface area contributed by atoms with Crippen LogP contribution in [0, 0.1) is 0 Å². The first-order chi connectivity index (χ1) is 28.0. The van der Waals surface area contributed by atoms with E-state index >= 15 is 0 Å². The summed E-state index contributed by atoms with van der Waals surface area (Å²) in [5.74, 6) is -1.24. The topological polar surface area (TPSA) is 195 Å². The number of phosphoric acid groups is 1. The van der Waals surface area contributed by atoms with Crippen molar-refractivity contribution in [3.8, 4) is 0 Å². The number of rotatable bonds is 36. The van der Waals surface area contributed by atoms with E-state index in [1.54, 1.807) is 42.5 Å². The molecule has 0 amide bonds. The van der Waals surface area contributed by atoms with E-state index in [2.05, 4.69) is 43.4 Å². The van der Waals surface area contributed by atoms with Crippen LogP contribution in [0.25, 0.3) is 0 Å². The molecule has 0 aromatic carbocycles. The minimum Gasteiger partial charge on any atom is -0.462 e. The van der Waals surface area contributed by atoms with E-state index in [0.717, 1.165) is 32.1 Å². The third kappa shape index (κ3) is 36.9. The SMILES string of the molecule is CC/C=C\C[C@H](O)/C=C/C=C/C=C\C=C/[C@@H](O)[C@H](O)CCCC(=O)O[C@H](COC(=O)CCC/C=C\C/C=C\C/C=C\C/C=C\CCCCC)COP(=O)(O)OCCN. The Morgan fingerprint density at radius 1 is 0.672 bits per heavy atom. The molecule has 1 unspecified atom stereocenters. The lowest BCUT2D eigenvalue weighted by molar-refractivity contribution is -0.161. The highest BCUT2D eigenvalue weighted by molar-refractivity contribution is 7.47. The van der Waals surface area contributed by atoms with Gasteiger partial charge in [-0.1, -0.05) is 136 Å². The molecule has 5 atom stereocenters. The molecular formula is C45H72NO11P. The van der Waals surface area contributed by atoms with Gasteiger partial charge in [-0.3, -0.25) is 18.6 Å². The summed E-state index contributed by atoms with van der Waals surface area (Å²) in [6.45, 7) is 3.00. The van der Waals surface area contributed by atoms with E-state index < -0.39 is 57.4 Å². The van der Waals surface area contributed by atoms with Gasteiger partial charge in [0.15, 0.2) is 6.10 Å². The van der Waals surface area contributed by atoms with Gasteiger partial charge in [0.25, 0.3) is 0 Å². The molecule has 12 nitrogen and oxygen atoms in total. The van der Waals surface area contributed by atoms with Gasteiger partial charge < -0.3 is 35.4 Å². The molecule has 0 fully saturated rings. The van der Waals surface area contributed by atoms with Crippen molar-refractivity contribution in [3.05, 3.63) is 109 Å². The van der Waals surface area contributed by atoms with Crippen LogP contribution in [0.2, 0.25) is 0 Å². The second-order valence-electron chi connectivity index (χ2n) is 13.3. The van der Waals surface area contributed by atoms with Crippen LogP contribution < -0.4 is 5.73 Å². The number of nitrogens with two attached hydrogens (primary N) is 1. The monoisotopic (exact) mass is 833 g/mol. The minimum atomic E-state index is -4.49. The third-order valence-electron chi connectivity index (χ3n) is 7.99. The molecular weight excluding hydrogens is 761 g/mol. The number of ether oxygens (including phenoxy) is 2. The van der Waals surface area contributed by atoms with Crippen LogP contribution in [0.5, 0.6) is 0 Å². The van der Waals surface area contributed by atoms with Crippen molar-refractivity contribution < 1.29 is 52.9 Å². The highest BCUT2D eigenvalue weighted by Gasteiger charge is 2.26. The van der Waals surface area contributed by atoms with E-state index in [-0.39, 0.29) is 38.8 Å². The predicted molar refractivity (Wildman–Crippen MR) is 233 cm³/mol. The van der Waals surface area contributed by atoms with Gasteiger partial charge >= 0.3 is 19.8 Å². The Kier molecular flexibility index (Phi) is 36.7. The number of esters is 2. The van der Waals surface area contributed by atoms with Crippen molar-refractivity contribution in [1.82, 2.24) is 0 Å². The fourth-order valence-corrected chi connectivity index (χ4v) is 5.55. The normalized spacial score (nSPS) is 16.1. The van der Waals surface area contributed by atoms with Crippen molar-refractivity contribution in [3.63, 3.8) is 0 Å².